The smallest absolute Gasteiger partial charge is 0.408 e. The van der Waals surface area contributed by atoms with Gasteiger partial charge in [-0.05, 0) is 41.8 Å². The van der Waals surface area contributed by atoms with E-state index in [4.69, 9.17) is 11.6 Å². The second kappa shape index (κ2) is 8.53. The molecule has 2 aliphatic rings. The van der Waals surface area contributed by atoms with Crippen LogP contribution in [0.4, 0.5) is 13.2 Å². The highest BCUT2D eigenvalue weighted by molar-refractivity contribution is 7.98. The molecule has 0 aliphatic carbocycles. The Kier molecular flexibility index (Phi) is 5.76. The van der Waals surface area contributed by atoms with Crippen molar-refractivity contribution >= 4 is 29.3 Å². The molecule has 2 atom stereocenters. The highest BCUT2D eigenvalue weighted by Crippen LogP contribution is 2.44. The summed E-state index contributed by atoms with van der Waals surface area (Å²) in [7, 11) is 0. The summed E-state index contributed by atoms with van der Waals surface area (Å²) in [5.41, 5.74) is 1.14. The van der Waals surface area contributed by atoms with Crippen molar-refractivity contribution in [1.82, 2.24) is 9.58 Å². The highest BCUT2D eigenvalue weighted by Gasteiger charge is 2.47. The van der Waals surface area contributed by atoms with E-state index in [1.54, 1.807) is 22.8 Å². The number of nitrogens with zero attached hydrogens (tertiary/aromatic N) is 3. The SMILES string of the molecule is C[C@H](N1CN([C@H]2c3ccc(Cl)cc3CSc3ccccc32)n2ccc(=O)c(O)c2C1=O)C(F)(F)F. The molecule has 0 spiro atoms. The van der Waals surface area contributed by atoms with E-state index in [1.807, 2.05) is 36.4 Å². The van der Waals surface area contributed by atoms with Crippen molar-refractivity contribution < 1.29 is 23.1 Å². The number of alkyl halides is 3. The molecule has 6 nitrogen and oxygen atoms in total. The fourth-order valence-electron chi connectivity index (χ4n) is 4.48. The molecule has 0 saturated heterocycles. The van der Waals surface area contributed by atoms with E-state index in [1.165, 1.54) is 10.9 Å². The average Bonchev–Trinajstić information content (AvgIpc) is 2.97. The second-order valence-electron chi connectivity index (χ2n) is 8.37. The number of hydrogen-bond donors (Lipinski definition) is 1. The Labute approximate surface area is 207 Å². The molecule has 182 valence electrons. The molecule has 5 rings (SSSR count). The van der Waals surface area contributed by atoms with Crippen LogP contribution in [0.25, 0.3) is 0 Å². The van der Waals surface area contributed by atoms with Gasteiger partial charge in [-0.1, -0.05) is 35.9 Å². The minimum Gasteiger partial charge on any atom is -0.502 e. The number of thioether (sulfide) groups is 1. The number of aromatic nitrogens is 1. The van der Waals surface area contributed by atoms with Gasteiger partial charge in [-0.2, -0.15) is 13.2 Å². The molecule has 35 heavy (non-hydrogen) atoms. The summed E-state index contributed by atoms with van der Waals surface area (Å²) in [6.07, 6.45) is -3.40. The number of carbonyl (C=O) groups is 1. The Bertz CT molecular complexity index is 1390. The van der Waals surface area contributed by atoms with Crippen molar-refractivity contribution in [3.8, 4) is 5.75 Å². The zero-order valence-corrected chi connectivity index (χ0v) is 19.9. The molecule has 2 aliphatic heterocycles. The molecule has 1 N–H and O–H groups in total. The summed E-state index contributed by atoms with van der Waals surface area (Å²) in [4.78, 5) is 26.9. The number of carbonyl (C=O) groups excluding carboxylic acids is 1. The maximum atomic E-state index is 13.8. The number of pyridine rings is 1. The number of amides is 1. The van der Waals surface area contributed by atoms with E-state index in [9.17, 15) is 27.9 Å². The van der Waals surface area contributed by atoms with Crippen LogP contribution in [0.5, 0.6) is 5.75 Å². The standard InChI is InChI=1S/C24H19ClF3N3O3S/c1-13(24(26,27)28)29-12-31(30-9-8-18(32)22(33)21(30)23(29)34)20-16-7-6-15(25)10-14(16)11-35-19-5-3-2-4-17(19)20/h2-10,13,20,33H,11-12H2,1H3/t13-,20-/m0/s1. The molecule has 0 fully saturated rings. The molecule has 0 bridgehead atoms. The van der Waals surface area contributed by atoms with Crippen LogP contribution in [0.1, 0.15) is 40.1 Å². The third-order valence-electron chi connectivity index (χ3n) is 6.33. The van der Waals surface area contributed by atoms with Crippen LogP contribution in [0, 0.1) is 0 Å². The van der Waals surface area contributed by atoms with E-state index in [0.717, 1.165) is 34.6 Å². The Hall–Kier alpha value is -3.11. The quantitative estimate of drug-likeness (QED) is 0.519. The van der Waals surface area contributed by atoms with Crippen molar-refractivity contribution in [3.05, 3.63) is 92.4 Å². The summed E-state index contributed by atoms with van der Waals surface area (Å²) < 4.78 is 42.6. The summed E-state index contributed by atoms with van der Waals surface area (Å²) in [6.45, 7) is 0.453. The Morgan fingerprint density at radius 1 is 1.11 bits per heavy atom. The third-order valence-corrected chi connectivity index (χ3v) is 7.70. The molecule has 1 amide bonds. The van der Waals surface area contributed by atoms with Crippen LogP contribution >= 0.6 is 23.4 Å². The van der Waals surface area contributed by atoms with Gasteiger partial charge < -0.3 is 10.0 Å². The number of halogens is 4. The van der Waals surface area contributed by atoms with Gasteiger partial charge in [0.15, 0.2) is 11.4 Å². The first-order valence-corrected chi connectivity index (χ1v) is 12.0. The van der Waals surface area contributed by atoms with Gasteiger partial charge in [-0.3, -0.25) is 19.3 Å². The lowest BCUT2D eigenvalue weighted by Crippen LogP contribution is -2.60. The zero-order chi connectivity index (χ0) is 25.1. The first kappa shape index (κ1) is 23.6. The van der Waals surface area contributed by atoms with E-state index in [-0.39, 0.29) is 0 Å². The minimum absolute atomic E-state index is 0.430. The molecule has 1 aromatic heterocycles. The number of fused-ring (bicyclic) bond motifs is 3. The molecule has 0 unspecified atom stereocenters. The van der Waals surface area contributed by atoms with E-state index in [0.29, 0.717) is 15.7 Å². The van der Waals surface area contributed by atoms with Crippen LogP contribution in [-0.2, 0) is 5.75 Å². The van der Waals surface area contributed by atoms with E-state index < -0.39 is 47.7 Å². The van der Waals surface area contributed by atoms with E-state index >= 15 is 0 Å². The van der Waals surface area contributed by atoms with Crippen molar-refractivity contribution in [2.75, 3.05) is 11.7 Å². The van der Waals surface area contributed by atoms with Crippen molar-refractivity contribution in [1.29, 1.82) is 0 Å². The van der Waals surface area contributed by atoms with Crippen molar-refractivity contribution in [3.63, 3.8) is 0 Å². The summed E-state index contributed by atoms with van der Waals surface area (Å²) in [6, 6.07) is 11.2. The van der Waals surface area contributed by atoms with Crippen LogP contribution in [-0.4, -0.2) is 39.5 Å². The average molecular weight is 522 g/mol. The predicted octanol–water partition coefficient (Wildman–Crippen LogP) is 4.90. The summed E-state index contributed by atoms with van der Waals surface area (Å²) in [5, 5.41) is 12.6. The third kappa shape index (κ3) is 3.94. The number of aromatic hydroxyl groups is 1. The van der Waals surface area contributed by atoms with Crippen LogP contribution in [0.2, 0.25) is 5.02 Å². The van der Waals surface area contributed by atoms with E-state index in [2.05, 4.69) is 0 Å². The summed E-state index contributed by atoms with van der Waals surface area (Å²) in [5.74, 6) is -1.38. The fraction of sp³-hybridized carbons (Fsp3) is 0.250. The van der Waals surface area contributed by atoms with Gasteiger partial charge in [-0.15, -0.1) is 11.8 Å². The molecule has 0 radical (unpaired) electrons. The zero-order valence-electron chi connectivity index (χ0n) is 18.3. The maximum absolute atomic E-state index is 13.8. The van der Waals surface area contributed by atoms with Crippen LogP contribution in [0.3, 0.4) is 0 Å². The van der Waals surface area contributed by atoms with Gasteiger partial charge in [0, 0.05) is 27.9 Å². The number of rotatable bonds is 2. The summed E-state index contributed by atoms with van der Waals surface area (Å²) >= 11 is 7.83. The predicted molar refractivity (Wildman–Crippen MR) is 126 cm³/mol. The number of benzene rings is 2. The van der Waals surface area contributed by atoms with Gasteiger partial charge >= 0.3 is 6.18 Å². The van der Waals surface area contributed by atoms with Crippen molar-refractivity contribution in [2.45, 2.75) is 35.8 Å². The molecular weight excluding hydrogens is 503 g/mol. The Morgan fingerprint density at radius 2 is 1.86 bits per heavy atom. The first-order valence-electron chi connectivity index (χ1n) is 10.7. The minimum atomic E-state index is -4.71. The lowest BCUT2D eigenvalue weighted by Gasteiger charge is -2.46. The molecule has 11 heteroatoms. The fourth-order valence-corrected chi connectivity index (χ4v) is 5.76. The van der Waals surface area contributed by atoms with Gasteiger partial charge in [0.05, 0.1) is 6.04 Å². The lowest BCUT2D eigenvalue weighted by molar-refractivity contribution is -0.173. The van der Waals surface area contributed by atoms with Gasteiger partial charge in [0.2, 0.25) is 5.43 Å². The Morgan fingerprint density at radius 3 is 2.60 bits per heavy atom. The largest absolute Gasteiger partial charge is 0.502 e. The highest BCUT2D eigenvalue weighted by atomic mass is 35.5. The van der Waals surface area contributed by atoms with Gasteiger partial charge in [-0.25, -0.2) is 0 Å². The van der Waals surface area contributed by atoms with Crippen molar-refractivity contribution in [2.24, 2.45) is 0 Å². The van der Waals surface area contributed by atoms with Crippen LogP contribution in [0.15, 0.2) is 64.4 Å². The first-order chi connectivity index (χ1) is 16.6. The molecule has 0 saturated carbocycles. The molecule has 3 heterocycles. The molecular formula is C24H19ClF3N3O3S. The molecule has 2 aromatic carbocycles. The lowest BCUT2D eigenvalue weighted by atomic mass is 9.94. The second-order valence-corrected chi connectivity index (χ2v) is 9.82. The number of hydrogen-bond acceptors (Lipinski definition) is 5. The topological polar surface area (TPSA) is 65.8 Å². The monoisotopic (exact) mass is 521 g/mol. The van der Waals surface area contributed by atoms with Gasteiger partial charge in [0.25, 0.3) is 5.91 Å². The van der Waals surface area contributed by atoms with Crippen LogP contribution < -0.4 is 10.4 Å². The van der Waals surface area contributed by atoms with Gasteiger partial charge in [0.1, 0.15) is 12.7 Å². The normalized spacial score (nSPS) is 18.4. The molecule has 3 aromatic rings. The Balaban J connectivity index is 1.78. The maximum Gasteiger partial charge on any atom is 0.408 e.